The fraction of sp³-hybridized carbons (Fsp3) is 0.385. The standard InChI is InChI=1S/C13H15BrFN3O/c1-2-5-18-13(16-8-17-18)7-12(19)10-6-9(15)3-4-11(10)14/h3-4,6,8,12,19H,2,5,7H2,1H3. The van der Waals surface area contributed by atoms with Crippen LogP contribution in [0, 0.1) is 5.82 Å². The van der Waals surface area contributed by atoms with E-state index in [1.165, 1.54) is 18.5 Å². The van der Waals surface area contributed by atoms with Crippen LogP contribution >= 0.6 is 15.9 Å². The third-order valence-electron chi connectivity index (χ3n) is 2.82. The Hall–Kier alpha value is -1.27. The molecule has 1 unspecified atom stereocenters. The minimum absolute atomic E-state index is 0.308. The summed E-state index contributed by atoms with van der Waals surface area (Å²) in [6, 6.07) is 4.26. The Bertz CT molecular complexity index is 559. The van der Waals surface area contributed by atoms with Gasteiger partial charge in [-0.1, -0.05) is 22.9 Å². The van der Waals surface area contributed by atoms with E-state index in [0.29, 0.717) is 22.3 Å². The maximum atomic E-state index is 13.2. The van der Waals surface area contributed by atoms with Crippen LogP contribution in [0.15, 0.2) is 29.0 Å². The van der Waals surface area contributed by atoms with Crippen LogP contribution in [-0.4, -0.2) is 19.9 Å². The smallest absolute Gasteiger partial charge is 0.138 e. The lowest BCUT2D eigenvalue weighted by Crippen LogP contribution is -2.11. The van der Waals surface area contributed by atoms with Gasteiger partial charge in [0.25, 0.3) is 0 Å². The fourth-order valence-electron chi connectivity index (χ4n) is 1.90. The summed E-state index contributed by atoms with van der Waals surface area (Å²) >= 11 is 3.31. The van der Waals surface area contributed by atoms with Crippen LogP contribution in [0.3, 0.4) is 0 Å². The Kier molecular flexibility index (Phi) is 4.66. The molecule has 0 radical (unpaired) electrons. The van der Waals surface area contributed by atoms with Gasteiger partial charge in [0.15, 0.2) is 0 Å². The molecule has 6 heteroatoms. The Morgan fingerprint density at radius 1 is 1.47 bits per heavy atom. The molecule has 1 aromatic heterocycles. The fourth-order valence-corrected chi connectivity index (χ4v) is 2.41. The number of halogens is 2. The molecular formula is C13H15BrFN3O. The van der Waals surface area contributed by atoms with Crippen LogP contribution in [0.5, 0.6) is 0 Å². The van der Waals surface area contributed by atoms with E-state index in [0.717, 1.165) is 13.0 Å². The third kappa shape index (κ3) is 3.39. The maximum Gasteiger partial charge on any atom is 0.138 e. The number of benzene rings is 1. The van der Waals surface area contributed by atoms with Crippen LogP contribution in [0.1, 0.15) is 30.8 Å². The second-order valence-corrected chi connectivity index (χ2v) is 5.14. The molecule has 0 aliphatic carbocycles. The number of rotatable bonds is 5. The predicted molar refractivity (Wildman–Crippen MR) is 73.1 cm³/mol. The molecule has 2 rings (SSSR count). The van der Waals surface area contributed by atoms with Crippen molar-refractivity contribution in [3.05, 3.63) is 46.2 Å². The lowest BCUT2D eigenvalue weighted by Gasteiger charge is -2.13. The first-order valence-electron chi connectivity index (χ1n) is 6.11. The second kappa shape index (κ2) is 6.25. The van der Waals surface area contributed by atoms with Gasteiger partial charge in [0.1, 0.15) is 18.0 Å². The Morgan fingerprint density at radius 3 is 3.00 bits per heavy atom. The van der Waals surface area contributed by atoms with Gasteiger partial charge in [-0.15, -0.1) is 0 Å². The number of hydrogen-bond acceptors (Lipinski definition) is 3. The zero-order valence-corrected chi connectivity index (χ0v) is 12.1. The molecule has 102 valence electrons. The Labute approximate surface area is 119 Å². The number of aromatic nitrogens is 3. The molecule has 0 fully saturated rings. The zero-order chi connectivity index (χ0) is 13.8. The van der Waals surface area contributed by atoms with Gasteiger partial charge < -0.3 is 5.11 Å². The number of nitrogens with zero attached hydrogens (tertiary/aromatic N) is 3. The van der Waals surface area contributed by atoms with E-state index in [2.05, 4.69) is 26.0 Å². The largest absolute Gasteiger partial charge is 0.388 e. The van der Waals surface area contributed by atoms with E-state index in [1.807, 2.05) is 6.92 Å². The first kappa shape index (κ1) is 14.1. The summed E-state index contributed by atoms with van der Waals surface area (Å²) in [6.45, 7) is 2.80. The lowest BCUT2D eigenvalue weighted by molar-refractivity contribution is 0.172. The topological polar surface area (TPSA) is 50.9 Å². The predicted octanol–water partition coefficient (Wildman–Crippen LogP) is 2.87. The van der Waals surface area contributed by atoms with Crippen molar-refractivity contribution in [1.29, 1.82) is 0 Å². The Balaban J connectivity index is 2.18. The second-order valence-electron chi connectivity index (χ2n) is 4.29. The van der Waals surface area contributed by atoms with Crippen molar-refractivity contribution >= 4 is 15.9 Å². The van der Waals surface area contributed by atoms with Crippen LogP contribution in [-0.2, 0) is 13.0 Å². The van der Waals surface area contributed by atoms with Gasteiger partial charge in [0.2, 0.25) is 0 Å². The molecule has 1 aromatic carbocycles. The van der Waals surface area contributed by atoms with Crippen LogP contribution in [0.25, 0.3) is 0 Å². The van der Waals surface area contributed by atoms with Crippen molar-refractivity contribution in [3.8, 4) is 0 Å². The SMILES string of the molecule is CCCn1ncnc1CC(O)c1cc(F)ccc1Br. The van der Waals surface area contributed by atoms with E-state index in [1.54, 1.807) is 10.7 Å². The average molecular weight is 328 g/mol. The minimum atomic E-state index is -0.815. The monoisotopic (exact) mass is 327 g/mol. The average Bonchev–Trinajstić information content (AvgIpc) is 2.80. The van der Waals surface area contributed by atoms with Crippen molar-refractivity contribution in [2.24, 2.45) is 0 Å². The maximum absolute atomic E-state index is 13.2. The number of aryl methyl sites for hydroxylation is 1. The molecule has 4 nitrogen and oxygen atoms in total. The van der Waals surface area contributed by atoms with Crippen molar-refractivity contribution < 1.29 is 9.50 Å². The molecule has 0 bridgehead atoms. The van der Waals surface area contributed by atoms with Gasteiger partial charge in [-0.05, 0) is 30.2 Å². The first-order chi connectivity index (χ1) is 9.11. The summed E-state index contributed by atoms with van der Waals surface area (Å²) < 4.78 is 15.7. The highest BCUT2D eigenvalue weighted by Gasteiger charge is 2.16. The van der Waals surface area contributed by atoms with Gasteiger partial charge in [-0.2, -0.15) is 5.10 Å². The van der Waals surface area contributed by atoms with Crippen molar-refractivity contribution in [2.45, 2.75) is 32.4 Å². The number of hydrogen-bond donors (Lipinski definition) is 1. The van der Waals surface area contributed by atoms with Gasteiger partial charge in [0.05, 0.1) is 6.10 Å². The molecule has 2 aromatic rings. The van der Waals surface area contributed by atoms with E-state index >= 15 is 0 Å². The highest BCUT2D eigenvalue weighted by Crippen LogP contribution is 2.26. The quantitative estimate of drug-likeness (QED) is 0.918. The van der Waals surface area contributed by atoms with Crippen molar-refractivity contribution in [2.75, 3.05) is 0 Å². The van der Waals surface area contributed by atoms with E-state index in [9.17, 15) is 9.50 Å². The van der Waals surface area contributed by atoms with Crippen molar-refractivity contribution in [3.63, 3.8) is 0 Å². The summed E-state index contributed by atoms with van der Waals surface area (Å²) in [5, 5.41) is 14.3. The summed E-state index contributed by atoms with van der Waals surface area (Å²) in [6.07, 6.45) is 1.90. The van der Waals surface area contributed by atoms with E-state index in [4.69, 9.17) is 0 Å². The molecule has 0 aliphatic heterocycles. The first-order valence-corrected chi connectivity index (χ1v) is 6.90. The Morgan fingerprint density at radius 2 is 2.26 bits per heavy atom. The summed E-state index contributed by atoms with van der Waals surface area (Å²) in [4.78, 5) is 4.14. The summed E-state index contributed by atoms with van der Waals surface area (Å²) in [7, 11) is 0. The third-order valence-corrected chi connectivity index (χ3v) is 3.55. The molecule has 1 heterocycles. The zero-order valence-electron chi connectivity index (χ0n) is 10.6. The normalized spacial score (nSPS) is 12.6. The van der Waals surface area contributed by atoms with Gasteiger partial charge in [0, 0.05) is 17.4 Å². The molecule has 1 N–H and O–H groups in total. The van der Waals surface area contributed by atoms with Crippen LogP contribution < -0.4 is 0 Å². The molecule has 0 spiro atoms. The van der Waals surface area contributed by atoms with Crippen LogP contribution in [0.2, 0.25) is 0 Å². The van der Waals surface area contributed by atoms with Crippen LogP contribution in [0.4, 0.5) is 4.39 Å². The molecule has 0 aliphatic rings. The molecule has 0 amide bonds. The highest BCUT2D eigenvalue weighted by molar-refractivity contribution is 9.10. The van der Waals surface area contributed by atoms with E-state index in [-0.39, 0.29) is 5.82 Å². The van der Waals surface area contributed by atoms with Gasteiger partial charge >= 0.3 is 0 Å². The number of aliphatic hydroxyl groups is 1. The molecule has 19 heavy (non-hydrogen) atoms. The summed E-state index contributed by atoms with van der Waals surface area (Å²) in [5.41, 5.74) is 0.519. The molecule has 0 saturated carbocycles. The lowest BCUT2D eigenvalue weighted by atomic mass is 10.1. The molecular weight excluding hydrogens is 313 g/mol. The molecule has 1 atom stereocenters. The number of aliphatic hydroxyl groups excluding tert-OH is 1. The van der Waals surface area contributed by atoms with Gasteiger partial charge in [-0.25, -0.2) is 9.37 Å². The van der Waals surface area contributed by atoms with Gasteiger partial charge in [-0.3, -0.25) is 4.68 Å². The highest BCUT2D eigenvalue weighted by atomic mass is 79.9. The summed E-state index contributed by atoms with van der Waals surface area (Å²) in [5.74, 6) is 0.331. The molecule has 0 saturated heterocycles. The van der Waals surface area contributed by atoms with Crippen molar-refractivity contribution in [1.82, 2.24) is 14.8 Å². The minimum Gasteiger partial charge on any atom is -0.388 e. The van der Waals surface area contributed by atoms with E-state index < -0.39 is 6.10 Å².